The SMILES string of the molecule is NCC(C1CC1)n1cncc1C1CC1. The lowest BCUT2D eigenvalue weighted by Gasteiger charge is -2.18. The molecule has 0 saturated heterocycles. The minimum absolute atomic E-state index is 0.521. The van der Waals surface area contributed by atoms with Crippen molar-refractivity contribution in [2.24, 2.45) is 11.7 Å². The quantitative estimate of drug-likeness (QED) is 0.786. The van der Waals surface area contributed by atoms with Crippen LogP contribution in [-0.4, -0.2) is 16.1 Å². The maximum atomic E-state index is 5.85. The summed E-state index contributed by atoms with van der Waals surface area (Å²) in [4.78, 5) is 4.27. The maximum Gasteiger partial charge on any atom is 0.0951 e. The second-order valence-electron chi connectivity index (χ2n) is 4.64. The van der Waals surface area contributed by atoms with Gasteiger partial charge in [0.2, 0.25) is 0 Å². The molecule has 2 aliphatic rings. The number of hydrogen-bond acceptors (Lipinski definition) is 2. The average Bonchev–Trinajstić information content (AvgIpc) is 3.08. The standard InChI is InChI=1S/C11H17N3/c12-5-10(8-1-2-8)14-7-13-6-11(14)9-3-4-9/h6-10H,1-5,12H2. The van der Waals surface area contributed by atoms with Crippen LogP contribution in [0.2, 0.25) is 0 Å². The summed E-state index contributed by atoms with van der Waals surface area (Å²) in [6, 6.07) is 0.521. The van der Waals surface area contributed by atoms with Gasteiger partial charge in [-0.2, -0.15) is 0 Å². The van der Waals surface area contributed by atoms with Crippen molar-refractivity contribution in [1.82, 2.24) is 9.55 Å². The molecule has 1 aromatic heterocycles. The maximum absolute atomic E-state index is 5.85. The first kappa shape index (κ1) is 8.48. The molecule has 0 amide bonds. The Kier molecular flexibility index (Phi) is 1.87. The smallest absolute Gasteiger partial charge is 0.0951 e. The van der Waals surface area contributed by atoms with Crippen LogP contribution in [0.15, 0.2) is 12.5 Å². The molecule has 3 heteroatoms. The number of rotatable bonds is 4. The molecule has 1 aromatic rings. The molecule has 2 N–H and O–H groups in total. The number of hydrogen-bond donors (Lipinski definition) is 1. The molecule has 1 unspecified atom stereocenters. The van der Waals surface area contributed by atoms with Crippen LogP contribution < -0.4 is 5.73 Å². The van der Waals surface area contributed by atoms with Crippen molar-refractivity contribution in [2.75, 3.05) is 6.54 Å². The molecule has 3 nitrogen and oxygen atoms in total. The zero-order valence-corrected chi connectivity index (χ0v) is 8.39. The van der Waals surface area contributed by atoms with Crippen molar-refractivity contribution in [1.29, 1.82) is 0 Å². The van der Waals surface area contributed by atoms with Gasteiger partial charge in [0, 0.05) is 30.4 Å². The molecule has 0 bridgehead atoms. The van der Waals surface area contributed by atoms with Gasteiger partial charge in [0.25, 0.3) is 0 Å². The van der Waals surface area contributed by atoms with Crippen molar-refractivity contribution in [3.05, 3.63) is 18.2 Å². The first-order chi connectivity index (χ1) is 6.90. The highest BCUT2D eigenvalue weighted by Crippen LogP contribution is 2.44. The Hall–Kier alpha value is -0.830. The van der Waals surface area contributed by atoms with Crippen LogP contribution in [0, 0.1) is 5.92 Å². The lowest BCUT2D eigenvalue weighted by Crippen LogP contribution is -2.21. The molecule has 76 valence electrons. The van der Waals surface area contributed by atoms with E-state index in [1.807, 2.05) is 12.5 Å². The van der Waals surface area contributed by atoms with Crippen LogP contribution in [0.3, 0.4) is 0 Å². The summed E-state index contributed by atoms with van der Waals surface area (Å²) < 4.78 is 2.34. The van der Waals surface area contributed by atoms with E-state index in [4.69, 9.17) is 5.73 Å². The van der Waals surface area contributed by atoms with Gasteiger partial charge in [-0.3, -0.25) is 0 Å². The van der Waals surface area contributed by atoms with Crippen LogP contribution in [0.5, 0.6) is 0 Å². The molecule has 0 aromatic carbocycles. The van der Waals surface area contributed by atoms with Crippen LogP contribution in [0.4, 0.5) is 0 Å². The summed E-state index contributed by atoms with van der Waals surface area (Å²) >= 11 is 0. The molecule has 2 aliphatic carbocycles. The first-order valence-corrected chi connectivity index (χ1v) is 5.62. The van der Waals surface area contributed by atoms with Crippen molar-refractivity contribution in [3.63, 3.8) is 0 Å². The van der Waals surface area contributed by atoms with Crippen LogP contribution in [0.25, 0.3) is 0 Å². The van der Waals surface area contributed by atoms with Gasteiger partial charge in [0.05, 0.1) is 6.33 Å². The van der Waals surface area contributed by atoms with Gasteiger partial charge in [-0.25, -0.2) is 4.98 Å². The van der Waals surface area contributed by atoms with Gasteiger partial charge >= 0.3 is 0 Å². The number of nitrogens with two attached hydrogens (primary N) is 1. The van der Waals surface area contributed by atoms with E-state index >= 15 is 0 Å². The third kappa shape index (κ3) is 1.36. The third-order valence-corrected chi connectivity index (χ3v) is 3.46. The van der Waals surface area contributed by atoms with Crippen LogP contribution in [0.1, 0.15) is 43.3 Å². The van der Waals surface area contributed by atoms with E-state index in [1.165, 1.54) is 31.4 Å². The summed E-state index contributed by atoms with van der Waals surface area (Å²) in [6.07, 6.45) is 9.39. The summed E-state index contributed by atoms with van der Waals surface area (Å²) in [5, 5.41) is 0. The molecular formula is C11H17N3. The van der Waals surface area contributed by atoms with E-state index in [0.29, 0.717) is 6.04 Å². The van der Waals surface area contributed by atoms with Crippen molar-refractivity contribution in [3.8, 4) is 0 Å². The molecule has 0 aliphatic heterocycles. The molecule has 0 spiro atoms. The normalized spacial score (nSPS) is 23.8. The molecule has 2 fully saturated rings. The highest BCUT2D eigenvalue weighted by Gasteiger charge is 2.35. The molecule has 14 heavy (non-hydrogen) atoms. The second-order valence-corrected chi connectivity index (χ2v) is 4.64. The second kappa shape index (κ2) is 3.09. The van der Waals surface area contributed by atoms with E-state index in [1.54, 1.807) is 0 Å². The zero-order valence-electron chi connectivity index (χ0n) is 8.39. The third-order valence-electron chi connectivity index (χ3n) is 3.46. The fourth-order valence-corrected chi connectivity index (χ4v) is 2.30. The number of imidazole rings is 1. The largest absolute Gasteiger partial charge is 0.330 e. The molecule has 2 saturated carbocycles. The predicted molar refractivity (Wildman–Crippen MR) is 55.0 cm³/mol. The summed E-state index contributed by atoms with van der Waals surface area (Å²) in [6.45, 7) is 0.765. The van der Waals surface area contributed by atoms with Crippen LogP contribution in [-0.2, 0) is 0 Å². The van der Waals surface area contributed by atoms with Gasteiger partial charge in [-0.15, -0.1) is 0 Å². The Labute approximate surface area is 84.3 Å². The molecule has 3 rings (SSSR count). The lowest BCUT2D eigenvalue weighted by molar-refractivity contribution is 0.442. The molecular weight excluding hydrogens is 174 g/mol. The topological polar surface area (TPSA) is 43.8 Å². The summed E-state index contributed by atoms with van der Waals surface area (Å²) in [7, 11) is 0. The minimum Gasteiger partial charge on any atom is -0.330 e. The van der Waals surface area contributed by atoms with Crippen molar-refractivity contribution in [2.45, 2.75) is 37.6 Å². The number of nitrogens with zero attached hydrogens (tertiary/aromatic N) is 2. The van der Waals surface area contributed by atoms with E-state index < -0.39 is 0 Å². The Bertz CT molecular complexity index is 323. The van der Waals surface area contributed by atoms with E-state index in [9.17, 15) is 0 Å². The van der Waals surface area contributed by atoms with Crippen molar-refractivity contribution < 1.29 is 0 Å². The van der Waals surface area contributed by atoms with Gasteiger partial charge in [-0.1, -0.05) is 0 Å². The van der Waals surface area contributed by atoms with E-state index in [-0.39, 0.29) is 0 Å². The Morgan fingerprint density at radius 3 is 2.79 bits per heavy atom. The monoisotopic (exact) mass is 191 g/mol. The van der Waals surface area contributed by atoms with E-state index in [0.717, 1.165) is 18.4 Å². The summed E-state index contributed by atoms with van der Waals surface area (Å²) in [5.41, 5.74) is 7.27. The first-order valence-electron chi connectivity index (χ1n) is 5.62. The highest BCUT2D eigenvalue weighted by molar-refractivity contribution is 5.14. The van der Waals surface area contributed by atoms with Gasteiger partial charge in [-0.05, 0) is 31.6 Å². The Morgan fingerprint density at radius 1 is 1.43 bits per heavy atom. The zero-order chi connectivity index (χ0) is 9.54. The Balaban J connectivity index is 1.88. The lowest BCUT2D eigenvalue weighted by atomic mass is 10.1. The molecule has 0 radical (unpaired) electrons. The predicted octanol–water partition coefficient (Wildman–Crippen LogP) is 1.67. The fourth-order valence-electron chi connectivity index (χ4n) is 2.30. The molecule has 1 heterocycles. The Morgan fingerprint density at radius 2 is 2.21 bits per heavy atom. The number of aromatic nitrogens is 2. The highest BCUT2D eigenvalue weighted by atomic mass is 15.1. The van der Waals surface area contributed by atoms with Gasteiger partial charge in [0.1, 0.15) is 0 Å². The summed E-state index contributed by atoms with van der Waals surface area (Å²) in [5.74, 6) is 1.61. The van der Waals surface area contributed by atoms with Crippen molar-refractivity contribution >= 4 is 0 Å². The van der Waals surface area contributed by atoms with Gasteiger partial charge < -0.3 is 10.3 Å². The van der Waals surface area contributed by atoms with Crippen LogP contribution >= 0.6 is 0 Å². The van der Waals surface area contributed by atoms with Gasteiger partial charge in [0.15, 0.2) is 0 Å². The van der Waals surface area contributed by atoms with E-state index in [2.05, 4.69) is 9.55 Å². The molecule has 1 atom stereocenters. The minimum atomic E-state index is 0.521. The average molecular weight is 191 g/mol. The fraction of sp³-hybridized carbons (Fsp3) is 0.727.